The van der Waals surface area contributed by atoms with Crippen molar-refractivity contribution in [2.75, 3.05) is 13.1 Å². The molecule has 1 saturated carbocycles. The highest BCUT2D eigenvalue weighted by Gasteiger charge is 2.27. The zero-order valence-electron chi connectivity index (χ0n) is 16.1. The number of aliphatic hydroxyl groups is 1. The number of aromatic nitrogens is 2. The molecule has 2 aromatic rings. The lowest BCUT2D eigenvalue weighted by atomic mass is 9.94. The number of urea groups is 1. The van der Waals surface area contributed by atoms with E-state index in [0.29, 0.717) is 19.6 Å². The van der Waals surface area contributed by atoms with E-state index in [1.807, 2.05) is 52.9 Å². The molecule has 1 fully saturated rings. The minimum atomic E-state index is -0.672. The molecule has 1 aromatic carbocycles. The van der Waals surface area contributed by atoms with Gasteiger partial charge in [0.25, 0.3) is 0 Å². The van der Waals surface area contributed by atoms with Gasteiger partial charge in [-0.3, -0.25) is 0 Å². The van der Waals surface area contributed by atoms with Crippen molar-refractivity contribution < 1.29 is 9.90 Å². The van der Waals surface area contributed by atoms with E-state index in [1.165, 1.54) is 6.42 Å². The Kier molecular flexibility index (Phi) is 6.87. The molecule has 3 rings (SSSR count). The minimum Gasteiger partial charge on any atom is -0.387 e. The van der Waals surface area contributed by atoms with Gasteiger partial charge in [0.05, 0.1) is 12.6 Å². The fraction of sp³-hybridized carbons (Fsp3) is 0.524. The van der Waals surface area contributed by atoms with Gasteiger partial charge in [0, 0.05) is 31.5 Å². The summed E-state index contributed by atoms with van der Waals surface area (Å²) in [6.45, 7) is 3.51. The number of nitrogens with one attached hydrogen (secondary N) is 1. The van der Waals surface area contributed by atoms with Crippen LogP contribution in [0.25, 0.3) is 0 Å². The van der Waals surface area contributed by atoms with Gasteiger partial charge in [0.15, 0.2) is 0 Å². The standard InChI is InChI=1S/C21H30N4O2/c1-17-22-12-14-24(17)15-13-23-21(27)25(19-10-6-3-7-11-19)16-20(26)18-8-4-2-5-9-18/h2,4-5,8-9,12,14,19-20,26H,3,6-7,10-11,13,15-16H2,1H3,(H,23,27)/t20-/m0/s1. The maximum atomic E-state index is 12.9. The number of rotatable bonds is 7. The fourth-order valence-corrected chi connectivity index (χ4v) is 3.78. The van der Waals surface area contributed by atoms with Crippen LogP contribution in [0.5, 0.6) is 0 Å². The van der Waals surface area contributed by atoms with Crippen LogP contribution in [0.2, 0.25) is 0 Å². The van der Waals surface area contributed by atoms with Crippen molar-refractivity contribution in [2.45, 2.75) is 57.7 Å². The van der Waals surface area contributed by atoms with Crippen LogP contribution in [-0.2, 0) is 6.54 Å². The van der Waals surface area contributed by atoms with Crippen LogP contribution in [0.1, 0.15) is 49.6 Å². The molecule has 6 nitrogen and oxygen atoms in total. The summed E-state index contributed by atoms with van der Waals surface area (Å²) in [4.78, 5) is 18.9. The predicted octanol–water partition coefficient (Wildman–Crippen LogP) is 3.27. The number of aryl methyl sites for hydroxylation is 1. The van der Waals surface area contributed by atoms with Crippen LogP contribution < -0.4 is 5.32 Å². The van der Waals surface area contributed by atoms with Crippen molar-refractivity contribution in [2.24, 2.45) is 0 Å². The molecule has 0 radical (unpaired) electrons. The average molecular weight is 370 g/mol. The molecule has 1 aliphatic rings. The molecule has 1 aromatic heterocycles. The number of benzene rings is 1. The Morgan fingerprint density at radius 2 is 2.04 bits per heavy atom. The molecule has 2 amide bonds. The van der Waals surface area contributed by atoms with Crippen molar-refractivity contribution >= 4 is 6.03 Å². The Labute approximate surface area is 161 Å². The molecule has 0 unspecified atom stereocenters. The van der Waals surface area contributed by atoms with Gasteiger partial charge in [-0.05, 0) is 25.3 Å². The summed E-state index contributed by atoms with van der Waals surface area (Å²) in [6.07, 6.45) is 8.54. The van der Waals surface area contributed by atoms with E-state index in [2.05, 4.69) is 10.3 Å². The number of imidazole rings is 1. The van der Waals surface area contributed by atoms with Crippen LogP contribution in [0.15, 0.2) is 42.7 Å². The first kappa shape index (κ1) is 19.4. The molecular weight excluding hydrogens is 340 g/mol. The van der Waals surface area contributed by atoms with Crippen LogP contribution in [0.3, 0.4) is 0 Å². The second-order valence-electron chi connectivity index (χ2n) is 7.27. The molecule has 0 saturated heterocycles. The van der Waals surface area contributed by atoms with E-state index in [9.17, 15) is 9.90 Å². The smallest absolute Gasteiger partial charge is 0.317 e. The topological polar surface area (TPSA) is 70.4 Å². The first-order valence-electron chi connectivity index (χ1n) is 9.90. The summed E-state index contributed by atoms with van der Waals surface area (Å²) >= 11 is 0. The number of amides is 2. The minimum absolute atomic E-state index is 0.0883. The third kappa shape index (κ3) is 5.32. The van der Waals surface area contributed by atoms with Gasteiger partial charge < -0.3 is 19.9 Å². The summed E-state index contributed by atoms with van der Waals surface area (Å²) < 4.78 is 2.02. The van der Waals surface area contributed by atoms with E-state index in [-0.39, 0.29) is 12.1 Å². The lowest BCUT2D eigenvalue weighted by Gasteiger charge is -2.35. The Bertz CT molecular complexity index is 710. The second-order valence-corrected chi connectivity index (χ2v) is 7.27. The Hall–Kier alpha value is -2.34. The van der Waals surface area contributed by atoms with Gasteiger partial charge in [-0.1, -0.05) is 49.6 Å². The van der Waals surface area contributed by atoms with E-state index in [0.717, 1.165) is 37.1 Å². The Balaban J connectivity index is 1.61. The molecule has 146 valence electrons. The molecular formula is C21H30N4O2. The molecule has 27 heavy (non-hydrogen) atoms. The highest BCUT2D eigenvalue weighted by molar-refractivity contribution is 5.74. The molecule has 2 N–H and O–H groups in total. The van der Waals surface area contributed by atoms with Gasteiger partial charge in [-0.25, -0.2) is 9.78 Å². The predicted molar refractivity (Wildman–Crippen MR) is 105 cm³/mol. The van der Waals surface area contributed by atoms with Gasteiger partial charge in [-0.15, -0.1) is 0 Å². The van der Waals surface area contributed by atoms with Gasteiger partial charge in [-0.2, -0.15) is 0 Å². The molecule has 0 aliphatic heterocycles. The fourth-order valence-electron chi connectivity index (χ4n) is 3.78. The van der Waals surface area contributed by atoms with Crippen LogP contribution in [-0.4, -0.2) is 44.7 Å². The number of carbonyl (C=O) groups is 1. The third-order valence-electron chi connectivity index (χ3n) is 5.38. The quantitative estimate of drug-likeness (QED) is 0.786. The highest BCUT2D eigenvalue weighted by atomic mass is 16.3. The van der Waals surface area contributed by atoms with Crippen LogP contribution in [0.4, 0.5) is 4.79 Å². The maximum absolute atomic E-state index is 12.9. The SMILES string of the molecule is Cc1nccn1CCNC(=O)N(C[C@H](O)c1ccccc1)C1CCCCC1. The molecule has 0 bridgehead atoms. The molecule has 1 atom stereocenters. The number of carbonyl (C=O) groups excluding carboxylic acids is 1. The molecule has 0 spiro atoms. The van der Waals surface area contributed by atoms with Crippen molar-refractivity contribution in [3.63, 3.8) is 0 Å². The second kappa shape index (κ2) is 9.55. The van der Waals surface area contributed by atoms with Crippen molar-refractivity contribution in [1.29, 1.82) is 0 Å². The first-order chi connectivity index (χ1) is 13.1. The summed E-state index contributed by atoms with van der Waals surface area (Å²) in [7, 11) is 0. The first-order valence-corrected chi connectivity index (χ1v) is 9.90. The van der Waals surface area contributed by atoms with Crippen molar-refractivity contribution in [1.82, 2.24) is 19.8 Å². The van der Waals surface area contributed by atoms with E-state index >= 15 is 0 Å². The van der Waals surface area contributed by atoms with Crippen molar-refractivity contribution in [3.8, 4) is 0 Å². The number of hydrogen-bond acceptors (Lipinski definition) is 3. The number of hydrogen-bond donors (Lipinski definition) is 2. The summed E-state index contributed by atoms with van der Waals surface area (Å²) in [5.41, 5.74) is 0.847. The van der Waals surface area contributed by atoms with E-state index in [1.54, 1.807) is 6.20 Å². The number of nitrogens with zero attached hydrogens (tertiary/aromatic N) is 3. The number of aliphatic hydroxyl groups excluding tert-OH is 1. The van der Waals surface area contributed by atoms with Gasteiger partial charge in [0.1, 0.15) is 5.82 Å². The summed E-state index contributed by atoms with van der Waals surface area (Å²) in [6, 6.07) is 9.68. The Morgan fingerprint density at radius 3 is 2.70 bits per heavy atom. The normalized spacial score (nSPS) is 16.1. The van der Waals surface area contributed by atoms with Gasteiger partial charge in [0.2, 0.25) is 0 Å². The summed E-state index contributed by atoms with van der Waals surface area (Å²) in [5.74, 6) is 0.938. The largest absolute Gasteiger partial charge is 0.387 e. The Morgan fingerprint density at radius 1 is 1.30 bits per heavy atom. The summed E-state index contributed by atoms with van der Waals surface area (Å²) in [5, 5.41) is 13.7. The zero-order chi connectivity index (χ0) is 19.1. The highest BCUT2D eigenvalue weighted by Crippen LogP contribution is 2.25. The molecule has 6 heteroatoms. The van der Waals surface area contributed by atoms with E-state index < -0.39 is 6.10 Å². The van der Waals surface area contributed by atoms with Crippen LogP contribution >= 0.6 is 0 Å². The van der Waals surface area contributed by atoms with Crippen LogP contribution in [0, 0.1) is 6.92 Å². The monoisotopic (exact) mass is 370 g/mol. The molecule has 1 heterocycles. The molecule has 1 aliphatic carbocycles. The lowest BCUT2D eigenvalue weighted by Crippen LogP contribution is -2.49. The zero-order valence-corrected chi connectivity index (χ0v) is 16.1. The van der Waals surface area contributed by atoms with E-state index in [4.69, 9.17) is 0 Å². The maximum Gasteiger partial charge on any atom is 0.317 e. The average Bonchev–Trinajstić information content (AvgIpc) is 3.12. The van der Waals surface area contributed by atoms with Crippen molar-refractivity contribution in [3.05, 3.63) is 54.1 Å². The lowest BCUT2D eigenvalue weighted by molar-refractivity contribution is 0.0901. The third-order valence-corrected chi connectivity index (χ3v) is 5.38. The van der Waals surface area contributed by atoms with Gasteiger partial charge >= 0.3 is 6.03 Å².